The first-order chi connectivity index (χ1) is 15.9. The van der Waals surface area contributed by atoms with Gasteiger partial charge >= 0.3 is 6.18 Å². The largest absolute Gasteiger partial charge is 0.417 e. The van der Waals surface area contributed by atoms with Gasteiger partial charge in [-0.2, -0.15) is 18.3 Å². The Kier molecular flexibility index (Phi) is 6.73. The molecule has 1 aromatic carbocycles. The Hall–Kier alpha value is -2.11. The van der Waals surface area contributed by atoms with Crippen LogP contribution in [0.4, 0.5) is 17.6 Å². The van der Waals surface area contributed by atoms with Crippen LogP contribution in [0.15, 0.2) is 52.2 Å². The van der Waals surface area contributed by atoms with E-state index >= 15 is 0 Å². The van der Waals surface area contributed by atoms with Crippen molar-refractivity contribution in [3.63, 3.8) is 0 Å². The van der Waals surface area contributed by atoms with Gasteiger partial charge in [0.25, 0.3) is 0 Å². The molecule has 1 saturated carbocycles. The average molecular weight is 559 g/mol. The number of alkyl halides is 3. The zero-order valence-corrected chi connectivity index (χ0v) is 21.1. The zero-order valence-electron chi connectivity index (χ0n) is 18.7. The lowest BCUT2D eigenvalue weighted by atomic mass is 9.98. The monoisotopic (exact) mass is 558 g/mol. The molecule has 0 spiro atoms. The highest BCUT2D eigenvalue weighted by molar-refractivity contribution is 9.10. The number of benzene rings is 1. The van der Waals surface area contributed by atoms with Crippen molar-refractivity contribution in [2.24, 2.45) is 5.92 Å². The van der Waals surface area contributed by atoms with E-state index in [1.165, 1.54) is 12.1 Å². The lowest BCUT2D eigenvalue weighted by Crippen LogP contribution is -2.28. The normalized spacial score (nSPS) is 16.5. The van der Waals surface area contributed by atoms with Crippen LogP contribution in [0, 0.1) is 11.7 Å². The van der Waals surface area contributed by atoms with Crippen molar-refractivity contribution in [3.8, 4) is 11.3 Å². The number of hydrogen-bond donors (Lipinski definition) is 1. The summed E-state index contributed by atoms with van der Waals surface area (Å²) in [6.07, 6.45) is 0.659. The minimum absolute atomic E-state index is 0.0746. The van der Waals surface area contributed by atoms with Crippen LogP contribution in [-0.4, -0.2) is 19.0 Å². The van der Waals surface area contributed by atoms with E-state index < -0.39 is 45.0 Å². The van der Waals surface area contributed by atoms with Crippen LogP contribution in [0.2, 0.25) is 0 Å². The Morgan fingerprint density at radius 1 is 1.18 bits per heavy atom. The summed E-state index contributed by atoms with van der Waals surface area (Å²) in [5.41, 5.74) is 0.620. The predicted molar refractivity (Wildman–Crippen MR) is 125 cm³/mol. The van der Waals surface area contributed by atoms with E-state index in [0.29, 0.717) is 21.3 Å². The van der Waals surface area contributed by atoms with E-state index in [2.05, 4.69) is 30.7 Å². The van der Waals surface area contributed by atoms with Gasteiger partial charge in [0.05, 0.1) is 33.9 Å². The Bertz CT molecular complexity index is 1230. The fourth-order valence-corrected chi connectivity index (χ4v) is 5.59. The summed E-state index contributed by atoms with van der Waals surface area (Å²) in [5, 5.41) is 4.57. The zero-order chi connectivity index (χ0) is 24.8. The second-order valence-electron chi connectivity index (χ2n) is 9.23. The van der Waals surface area contributed by atoms with E-state index in [1.54, 1.807) is 16.9 Å². The van der Waals surface area contributed by atoms with Crippen LogP contribution < -0.4 is 4.72 Å². The van der Waals surface area contributed by atoms with Crippen LogP contribution in [0.1, 0.15) is 50.8 Å². The molecule has 4 rings (SSSR count). The number of pyridine rings is 1. The minimum Gasteiger partial charge on any atom is -0.263 e. The number of hydrogen-bond acceptors (Lipinski definition) is 3. The molecule has 2 unspecified atom stereocenters. The molecule has 182 valence electrons. The highest BCUT2D eigenvalue weighted by atomic mass is 79.9. The fraction of sp³-hybridized carbons (Fsp3) is 0.391. The molecule has 0 aliphatic heterocycles. The number of nitrogens with one attached hydrogen (secondary N) is 1. The summed E-state index contributed by atoms with van der Waals surface area (Å²) in [4.78, 5) is 3.33. The second kappa shape index (κ2) is 9.16. The molecule has 1 aliphatic carbocycles. The lowest BCUT2D eigenvalue weighted by molar-refractivity contribution is -0.139. The molecule has 0 radical (unpaired) electrons. The van der Waals surface area contributed by atoms with Crippen LogP contribution >= 0.6 is 15.9 Å². The Morgan fingerprint density at radius 3 is 2.47 bits per heavy atom. The van der Waals surface area contributed by atoms with Crippen molar-refractivity contribution in [1.82, 2.24) is 19.5 Å². The van der Waals surface area contributed by atoms with Gasteiger partial charge in [-0.05, 0) is 79.7 Å². The van der Waals surface area contributed by atoms with Crippen LogP contribution in [0.5, 0.6) is 0 Å². The Balaban J connectivity index is 1.80. The molecule has 3 aromatic rings. The number of halogens is 5. The van der Waals surface area contributed by atoms with E-state index in [4.69, 9.17) is 0 Å². The summed E-state index contributed by atoms with van der Waals surface area (Å²) in [7, 11) is -2.18. The number of nitrogens with zero attached hydrogens (tertiary/aromatic N) is 3. The van der Waals surface area contributed by atoms with Crippen molar-refractivity contribution in [2.45, 2.75) is 56.3 Å². The number of rotatable bonds is 6. The quantitative estimate of drug-likeness (QED) is 0.357. The standard InChI is InChI=1S/C23H23BrF4N4OS/c1-22(2,3)32-21(15-7-6-14(25)10-18(15)24)16(11-30-32)20(13-4-5-13)31-34(33)19-12-29-9-8-17(19)23(26,27)28/h6-13,20,31H,4-5H2,1-3H3. The molecule has 2 atom stereocenters. The molecule has 2 heterocycles. The van der Waals surface area contributed by atoms with Crippen LogP contribution in [0.3, 0.4) is 0 Å². The van der Waals surface area contributed by atoms with Gasteiger partial charge in [0, 0.05) is 28.0 Å². The highest BCUT2D eigenvalue weighted by Crippen LogP contribution is 2.46. The van der Waals surface area contributed by atoms with Gasteiger partial charge in [-0.25, -0.2) is 13.3 Å². The third-order valence-corrected chi connectivity index (χ3v) is 7.42. The molecule has 34 heavy (non-hydrogen) atoms. The molecular weight excluding hydrogens is 536 g/mol. The maximum absolute atomic E-state index is 13.8. The molecule has 0 saturated heterocycles. The first-order valence-corrected chi connectivity index (χ1v) is 12.5. The van der Waals surface area contributed by atoms with Crippen molar-refractivity contribution in [2.75, 3.05) is 0 Å². The van der Waals surface area contributed by atoms with Crippen molar-refractivity contribution >= 4 is 26.9 Å². The number of aromatic nitrogens is 3. The van der Waals surface area contributed by atoms with E-state index in [9.17, 15) is 21.8 Å². The van der Waals surface area contributed by atoms with Crippen LogP contribution in [0.25, 0.3) is 11.3 Å². The maximum atomic E-state index is 13.8. The summed E-state index contributed by atoms with van der Waals surface area (Å²) < 4.78 is 72.7. The van der Waals surface area contributed by atoms with E-state index in [1.807, 2.05) is 20.8 Å². The molecule has 1 fully saturated rings. The fourth-order valence-electron chi connectivity index (χ4n) is 3.83. The van der Waals surface area contributed by atoms with Crippen molar-refractivity contribution in [3.05, 3.63) is 64.3 Å². The summed E-state index contributed by atoms with van der Waals surface area (Å²) in [5.74, 6) is -0.334. The lowest BCUT2D eigenvalue weighted by Gasteiger charge is -2.25. The molecule has 1 aliphatic rings. The van der Waals surface area contributed by atoms with Gasteiger partial charge in [-0.15, -0.1) is 0 Å². The van der Waals surface area contributed by atoms with Crippen molar-refractivity contribution in [1.29, 1.82) is 0 Å². The first-order valence-electron chi connectivity index (χ1n) is 10.6. The molecule has 11 heteroatoms. The van der Waals surface area contributed by atoms with Gasteiger partial charge < -0.3 is 0 Å². The van der Waals surface area contributed by atoms with Gasteiger partial charge in [0.2, 0.25) is 0 Å². The van der Waals surface area contributed by atoms with E-state index in [-0.39, 0.29) is 5.92 Å². The first kappa shape index (κ1) is 25.0. The molecule has 1 N–H and O–H groups in total. The van der Waals surface area contributed by atoms with Gasteiger partial charge in [0.15, 0.2) is 0 Å². The molecular formula is C23H23BrF4N4OS. The third kappa shape index (κ3) is 5.11. The Morgan fingerprint density at radius 2 is 1.88 bits per heavy atom. The summed E-state index contributed by atoms with van der Waals surface area (Å²) >= 11 is 3.43. The van der Waals surface area contributed by atoms with Gasteiger partial charge in [-0.3, -0.25) is 9.67 Å². The van der Waals surface area contributed by atoms with Gasteiger partial charge in [-0.1, -0.05) is 0 Å². The predicted octanol–water partition coefficient (Wildman–Crippen LogP) is 6.38. The summed E-state index contributed by atoms with van der Waals surface area (Å²) in [6.45, 7) is 5.90. The average Bonchev–Trinajstić information content (AvgIpc) is 3.48. The SMILES string of the molecule is CC(C)(C)n1ncc(C(NS(=O)c2cnccc2C(F)(F)F)C2CC2)c1-c1ccc(F)cc1Br. The maximum Gasteiger partial charge on any atom is 0.417 e. The third-order valence-electron chi connectivity index (χ3n) is 5.57. The molecule has 2 aromatic heterocycles. The summed E-state index contributed by atoms with van der Waals surface area (Å²) in [6, 6.07) is 4.62. The van der Waals surface area contributed by atoms with Crippen molar-refractivity contribution < 1.29 is 21.8 Å². The smallest absolute Gasteiger partial charge is 0.263 e. The van der Waals surface area contributed by atoms with Crippen LogP contribution in [-0.2, 0) is 22.7 Å². The van der Waals surface area contributed by atoms with E-state index in [0.717, 1.165) is 31.3 Å². The Labute approximate surface area is 205 Å². The second-order valence-corrected chi connectivity index (χ2v) is 11.3. The van der Waals surface area contributed by atoms with Gasteiger partial charge in [0.1, 0.15) is 16.8 Å². The molecule has 0 amide bonds. The molecule has 5 nitrogen and oxygen atoms in total. The topological polar surface area (TPSA) is 59.8 Å². The highest BCUT2D eigenvalue weighted by Gasteiger charge is 2.40. The minimum atomic E-state index is -4.66. The molecule has 0 bridgehead atoms.